The van der Waals surface area contributed by atoms with E-state index in [-0.39, 0.29) is 11.9 Å². The summed E-state index contributed by atoms with van der Waals surface area (Å²) < 4.78 is 15.8. The summed E-state index contributed by atoms with van der Waals surface area (Å²) in [6.45, 7) is 0.662. The molecule has 11 heteroatoms. The number of carboxylic acid groups (broad SMARTS) is 1. The summed E-state index contributed by atoms with van der Waals surface area (Å²) in [7, 11) is 0. The zero-order chi connectivity index (χ0) is 21.4. The summed E-state index contributed by atoms with van der Waals surface area (Å²) in [4.78, 5) is 33.6. The fourth-order valence-electron chi connectivity index (χ4n) is 3.17. The van der Waals surface area contributed by atoms with E-state index in [1.165, 1.54) is 21.6 Å². The number of ether oxygens (including phenoxy) is 2. The molecule has 1 aliphatic heterocycles. The first kappa shape index (κ1) is 18.9. The van der Waals surface area contributed by atoms with Gasteiger partial charge in [-0.1, -0.05) is 12.1 Å². The van der Waals surface area contributed by atoms with Crippen LogP contribution in [-0.2, 0) is 0 Å². The fraction of sp³-hybridized carbons (Fsp3) is 0.100. The summed E-state index contributed by atoms with van der Waals surface area (Å²) in [6.07, 6.45) is -1.43. The molecule has 1 aliphatic rings. The number of nitrogens with one attached hydrogen (secondary N) is 1. The topological polar surface area (TPSA) is 127 Å². The highest BCUT2D eigenvalue weighted by atomic mass is 32.1. The number of nitrogens with zero attached hydrogens (tertiary/aromatic N) is 3. The summed E-state index contributed by atoms with van der Waals surface area (Å²) in [5, 5.41) is 13.5. The first-order valence-corrected chi connectivity index (χ1v) is 10.0. The van der Waals surface area contributed by atoms with E-state index in [0.717, 1.165) is 0 Å². The van der Waals surface area contributed by atoms with Crippen molar-refractivity contribution in [3.05, 3.63) is 47.8 Å². The molecule has 0 radical (unpaired) electrons. The molecule has 2 N–H and O–H groups in total. The monoisotopic (exact) mass is 438 g/mol. The lowest BCUT2D eigenvalue weighted by Gasteiger charge is -2.29. The Labute approximate surface area is 178 Å². The lowest BCUT2D eigenvalue weighted by molar-refractivity contribution is 0.143. The van der Waals surface area contributed by atoms with Crippen LogP contribution in [-0.4, -0.2) is 40.4 Å². The number of oxazole rings is 1. The number of thiazole rings is 1. The molecule has 0 fully saturated rings. The highest BCUT2D eigenvalue weighted by Crippen LogP contribution is 2.37. The Morgan fingerprint density at radius 3 is 2.90 bits per heavy atom. The molecule has 0 unspecified atom stereocenters. The smallest absolute Gasteiger partial charge is 0.490 e. The molecule has 0 saturated carbocycles. The Morgan fingerprint density at radius 2 is 2.06 bits per heavy atom. The summed E-state index contributed by atoms with van der Waals surface area (Å²) in [5.74, 6) is 0.535. The van der Waals surface area contributed by atoms with E-state index in [4.69, 9.17) is 14.3 Å². The number of aromatic nitrogens is 2. The van der Waals surface area contributed by atoms with E-state index in [9.17, 15) is 9.59 Å². The summed E-state index contributed by atoms with van der Waals surface area (Å²) in [6, 6.07) is 12.2. The third kappa shape index (κ3) is 3.73. The predicted octanol–water partition coefficient (Wildman–Crippen LogP) is 4.44. The van der Waals surface area contributed by atoms with E-state index in [1.807, 2.05) is 12.1 Å². The number of fused-ring (bicyclic) bond motifs is 2. The van der Waals surface area contributed by atoms with E-state index in [0.29, 0.717) is 46.3 Å². The van der Waals surface area contributed by atoms with Gasteiger partial charge in [-0.25, -0.2) is 14.6 Å². The van der Waals surface area contributed by atoms with Gasteiger partial charge in [0.1, 0.15) is 22.9 Å². The van der Waals surface area contributed by atoms with Crippen LogP contribution >= 0.6 is 11.3 Å². The third-order valence-electron chi connectivity index (χ3n) is 4.50. The molecule has 4 aromatic rings. The molecule has 0 aliphatic carbocycles. The van der Waals surface area contributed by atoms with Crippen molar-refractivity contribution in [2.24, 2.45) is 0 Å². The number of carbonyl (C=O) groups excluding carboxylic acids is 1. The normalized spacial score (nSPS) is 12.8. The van der Waals surface area contributed by atoms with Crippen LogP contribution < -0.4 is 19.7 Å². The van der Waals surface area contributed by atoms with Crippen molar-refractivity contribution in [1.29, 1.82) is 0 Å². The van der Waals surface area contributed by atoms with Crippen molar-refractivity contribution in [2.75, 3.05) is 23.4 Å². The van der Waals surface area contributed by atoms with Gasteiger partial charge >= 0.3 is 18.2 Å². The Kier molecular flexibility index (Phi) is 4.64. The van der Waals surface area contributed by atoms with Gasteiger partial charge in [-0.15, -0.1) is 11.3 Å². The first-order valence-electron chi connectivity index (χ1n) is 9.14. The van der Waals surface area contributed by atoms with Crippen LogP contribution in [0.25, 0.3) is 21.7 Å². The van der Waals surface area contributed by atoms with Crippen molar-refractivity contribution >= 4 is 46.3 Å². The van der Waals surface area contributed by atoms with Crippen LogP contribution in [0.2, 0.25) is 0 Å². The van der Waals surface area contributed by atoms with Crippen molar-refractivity contribution in [2.45, 2.75) is 0 Å². The molecular formula is C20H14N4O6S. The molecular weight excluding hydrogens is 424 g/mol. The standard InChI is InChI=1S/C20H14N4O6S/c25-19(23-18-21-12-3-1-2-4-14(12)29-18)24-7-8-28-15-6-5-11(9-13(15)24)17-22-16(10-31-17)30-20(26)27/h1-6,9-10H,7-8H2,(H,26,27)(H,21,23,25). The first-order chi connectivity index (χ1) is 15.1. The zero-order valence-corrected chi connectivity index (χ0v) is 16.6. The molecule has 0 atom stereocenters. The molecule has 0 bridgehead atoms. The average molecular weight is 438 g/mol. The molecule has 0 spiro atoms. The molecule has 10 nitrogen and oxygen atoms in total. The highest BCUT2D eigenvalue weighted by Gasteiger charge is 2.26. The van der Waals surface area contributed by atoms with E-state index < -0.39 is 12.2 Å². The van der Waals surface area contributed by atoms with E-state index in [2.05, 4.69) is 20.0 Å². The average Bonchev–Trinajstić information content (AvgIpc) is 3.38. The summed E-state index contributed by atoms with van der Waals surface area (Å²) in [5.41, 5.74) is 2.46. The van der Waals surface area contributed by atoms with Crippen molar-refractivity contribution in [3.63, 3.8) is 0 Å². The number of hydrogen-bond donors (Lipinski definition) is 2. The molecule has 5 rings (SSSR count). The Balaban J connectivity index is 1.41. The lowest BCUT2D eigenvalue weighted by atomic mass is 10.1. The highest BCUT2D eigenvalue weighted by molar-refractivity contribution is 7.13. The van der Waals surface area contributed by atoms with Crippen LogP contribution in [0.15, 0.2) is 52.3 Å². The second-order valence-electron chi connectivity index (χ2n) is 6.46. The fourth-order valence-corrected chi connectivity index (χ4v) is 3.89. The molecule has 31 heavy (non-hydrogen) atoms. The zero-order valence-electron chi connectivity index (χ0n) is 15.8. The van der Waals surface area contributed by atoms with Gasteiger partial charge in [0.25, 0.3) is 0 Å². The van der Waals surface area contributed by atoms with Crippen LogP contribution in [0.4, 0.5) is 21.3 Å². The maximum atomic E-state index is 12.9. The molecule has 3 heterocycles. The second kappa shape index (κ2) is 7.61. The maximum Gasteiger partial charge on any atom is 0.512 e. The number of amides is 2. The van der Waals surface area contributed by atoms with Crippen LogP contribution in [0.5, 0.6) is 11.6 Å². The van der Waals surface area contributed by atoms with Crippen molar-refractivity contribution in [3.8, 4) is 22.2 Å². The lowest BCUT2D eigenvalue weighted by Crippen LogP contribution is -2.40. The number of anilines is 2. The number of carbonyl (C=O) groups is 2. The molecule has 2 aromatic heterocycles. The minimum absolute atomic E-state index is 0.00738. The van der Waals surface area contributed by atoms with Gasteiger partial charge in [-0.05, 0) is 30.3 Å². The largest absolute Gasteiger partial charge is 0.512 e. The van der Waals surface area contributed by atoms with Gasteiger partial charge in [0.2, 0.25) is 5.88 Å². The molecule has 2 amide bonds. The van der Waals surface area contributed by atoms with Crippen LogP contribution in [0, 0.1) is 0 Å². The van der Waals surface area contributed by atoms with Crippen molar-refractivity contribution in [1.82, 2.24) is 9.97 Å². The van der Waals surface area contributed by atoms with Gasteiger partial charge in [-0.3, -0.25) is 10.2 Å². The Morgan fingerprint density at radius 1 is 1.19 bits per heavy atom. The predicted molar refractivity (Wildman–Crippen MR) is 112 cm³/mol. The maximum absolute atomic E-state index is 12.9. The number of rotatable bonds is 3. The minimum Gasteiger partial charge on any atom is -0.490 e. The van der Waals surface area contributed by atoms with Gasteiger partial charge in [0.15, 0.2) is 5.58 Å². The van der Waals surface area contributed by atoms with Crippen molar-refractivity contribution < 1.29 is 28.6 Å². The Bertz CT molecular complexity index is 1270. The van der Waals surface area contributed by atoms with Gasteiger partial charge in [0, 0.05) is 5.56 Å². The number of benzene rings is 2. The number of hydrogen-bond acceptors (Lipinski definition) is 8. The second-order valence-corrected chi connectivity index (χ2v) is 7.32. The molecule has 156 valence electrons. The minimum atomic E-state index is -1.43. The Hall–Kier alpha value is -4.12. The number of urea groups is 1. The van der Waals surface area contributed by atoms with Gasteiger partial charge < -0.3 is 19.0 Å². The SMILES string of the molecule is O=C(O)Oc1csc(-c2ccc3c(c2)N(C(=O)Nc2nc4ccccc4o2)CCO3)n1. The van der Waals surface area contributed by atoms with Gasteiger partial charge in [0.05, 0.1) is 17.6 Å². The van der Waals surface area contributed by atoms with Crippen LogP contribution in [0.1, 0.15) is 0 Å². The third-order valence-corrected chi connectivity index (χ3v) is 5.37. The molecule has 2 aromatic carbocycles. The molecule has 0 saturated heterocycles. The van der Waals surface area contributed by atoms with E-state index in [1.54, 1.807) is 30.3 Å². The van der Waals surface area contributed by atoms with Crippen LogP contribution in [0.3, 0.4) is 0 Å². The van der Waals surface area contributed by atoms with Gasteiger partial charge in [-0.2, -0.15) is 4.98 Å². The quantitative estimate of drug-likeness (QED) is 0.450. The van der Waals surface area contributed by atoms with E-state index >= 15 is 0 Å². The number of para-hydroxylation sites is 2. The summed E-state index contributed by atoms with van der Waals surface area (Å²) >= 11 is 1.23.